The summed E-state index contributed by atoms with van der Waals surface area (Å²) in [7, 11) is 0. The van der Waals surface area contributed by atoms with Gasteiger partial charge in [-0.2, -0.15) is 10.9 Å². The lowest BCUT2D eigenvalue weighted by atomic mass is 10.2. The van der Waals surface area contributed by atoms with Crippen molar-refractivity contribution in [3.8, 4) is 5.88 Å². The molecule has 0 saturated carbocycles. The van der Waals surface area contributed by atoms with Crippen molar-refractivity contribution in [2.75, 3.05) is 0 Å². The predicted octanol–water partition coefficient (Wildman–Crippen LogP) is 1.16. The molecule has 0 saturated heterocycles. The maximum absolute atomic E-state index is 5.00. The van der Waals surface area contributed by atoms with Gasteiger partial charge < -0.3 is 4.84 Å². The van der Waals surface area contributed by atoms with Crippen molar-refractivity contribution in [2.45, 2.75) is 26.7 Å². The molecular weight excluding hydrogens is 154 g/mol. The first kappa shape index (κ1) is 8.93. The molecule has 0 radical (unpaired) electrons. The summed E-state index contributed by atoms with van der Waals surface area (Å²) >= 11 is 0. The molecule has 66 valence electrons. The summed E-state index contributed by atoms with van der Waals surface area (Å²) in [5.74, 6) is 6.47. The molecule has 4 nitrogen and oxygen atoms in total. The van der Waals surface area contributed by atoms with E-state index in [1.165, 1.54) is 0 Å². The lowest BCUT2D eigenvalue weighted by Gasteiger charge is -2.05. The summed E-state index contributed by atoms with van der Waals surface area (Å²) in [6.07, 6.45) is 0. The van der Waals surface area contributed by atoms with Gasteiger partial charge in [0.2, 0.25) is 5.88 Å². The third kappa shape index (κ3) is 1.92. The highest BCUT2D eigenvalue weighted by molar-refractivity contribution is 5.16. The van der Waals surface area contributed by atoms with Gasteiger partial charge in [0.25, 0.3) is 0 Å². The molecule has 0 amide bonds. The fraction of sp³-hybridized carbons (Fsp3) is 0.500. The molecule has 4 heteroatoms. The van der Waals surface area contributed by atoms with Crippen LogP contribution in [0.2, 0.25) is 0 Å². The first-order valence-electron chi connectivity index (χ1n) is 3.85. The van der Waals surface area contributed by atoms with E-state index in [-0.39, 0.29) is 0 Å². The van der Waals surface area contributed by atoms with Crippen molar-refractivity contribution >= 4 is 0 Å². The van der Waals surface area contributed by atoms with Crippen molar-refractivity contribution in [1.29, 1.82) is 0 Å². The lowest BCUT2D eigenvalue weighted by Crippen LogP contribution is -2.07. The molecule has 1 aromatic rings. The summed E-state index contributed by atoms with van der Waals surface area (Å²) in [4.78, 5) is 12.9. The van der Waals surface area contributed by atoms with Crippen LogP contribution in [0.3, 0.4) is 0 Å². The Hall–Kier alpha value is -1.16. The molecule has 1 aromatic heterocycles. The van der Waals surface area contributed by atoms with Gasteiger partial charge in [-0.15, -0.1) is 0 Å². The van der Waals surface area contributed by atoms with Gasteiger partial charge in [0.1, 0.15) is 5.82 Å². The van der Waals surface area contributed by atoms with Crippen molar-refractivity contribution in [3.63, 3.8) is 0 Å². The topological polar surface area (TPSA) is 61.0 Å². The summed E-state index contributed by atoms with van der Waals surface area (Å²) in [5, 5.41) is 0. The monoisotopic (exact) mass is 167 g/mol. The van der Waals surface area contributed by atoms with Gasteiger partial charge in [-0.1, -0.05) is 13.8 Å². The van der Waals surface area contributed by atoms with Crippen LogP contribution in [0.25, 0.3) is 0 Å². The number of rotatable bonds is 2. The van der Waals surface area contributed by atoms with Crippen LogP contribution in [0.5, 0.6) is 5.88 Å². The van der Waals surface area contributed by atoms with Crippen molar-refractivity contribution in [1.82, 2.24) is 9.97 Å². The molecular formula is C8H13N3O. The standard InChI is InChI=1S/C8H13N3O/c1-5(2)8-10-6(3)4-7(11-8)12-9/h4-5H,9H2,1-3H3. The van der Waals surface area contributed by atoms with Crippen LogP contribution >= 0.6 is 0 Å². The number of nitrogens with zero attached hydrogens (tertiary/aromatic N) is 2. The highest BCUT2D eigenvalue weighted by Crippen LogP contribution is 2.13. The van der Waals surface area contributed by atoms with Crippen LogP contribution in [0.1, 0.15) is 31.3 Å². The van der Waals surface area contributed by atoms with Gasteiger partial charge in [0.05, 0.1) is 0 Å². The second-order valence-corrected chi connectivity index (χ2v) is 2.98. The van der Waals surface area contributed by atoms with Crippen LogP contribution in [-0.4, -0.2) is 9.97 Å². The van der Waals surface area contributed by atoms with Gasteiger partial charge in [-0.25, -0.2) is 4.98 Å². The molecule has 0 unspecified atom stereocenters. The SMILES string of the molecule is Cc1cc(ON)nc(C(C)C)n1. The zero-order valence-electron chi connectivity index (χ0n) is 7.53. The Morgan fingerprint density at radius 2 is 2.08 bits per heavy atom. The minimum atomic E-state index is 0.291. The zero-order chi connectivity index (χ0) is 9.14. The van der Waals surface area contributed by atoms with E-state index < -0.39 is 0 Å². The smallest absolute Gasteiger partial charge is 0.240 e. The largest absolute Gasteiger partial charge is 0.391 e. The van der Waals surface area contributed by atoms with E-state index in [0.29, 0.717) is 11.8 Å². The van der Waals surface area contributed by atoms with Crippen LogP contribution in [0.4, 0.5) is 0 Å². The van der Waals surface area contributed by atoms with Gasteiger partial charge in [-0.05, 0) is 6.92 Å². The van der Waals surface area contributed by atoms with E-state index in [1.807, 2.05) is 20.8 Å². The van der Waals surface area contributed by atoms with E-state index in [2.05, 4.69) is 14.8 Å². The normalized spacial score (nSPS) is 10.4. The molecule has 0 aliphatic carbocycles. The first-order valence-corrected chi connectivity index (χ1v) is 3.85. The Labute approximate surface area is 71.7 Å². The number of hydrogen-bond acceptors (Lipinski definition) is 4. The number of aromatic nitrogens is 2. The lowest BCUT2D eigenvalue weighted by molar-refractivity contribution is 0.317. The highest BCUT2D eigenvalue weighted by atomic mass is 16.6. The van der Waals surface area contributed by atoms with Crippen molar-refractivity contribution in [2.24, 2.45) is 5.90 Å². The average Bonchev–Trinajstić information content (AvgIpc) is 2.03. The molecule has 1 heterocycles. The molecule has 0 bridgehead atoms. The Bertz CT molecular complexity index is 273. The molecule has 0 spiro atoms. The molecule has 0 aliphatic rings. The van der Waals surface area contributed by atoms with E-state index in [4.69, 9.17) is 5.90 Å². The maximum atomic E-state index is 5.00. The quantitative estimate of drug-likeness (QED) is 0.671. The molecule has 2 N–H and O–H groups in total. The Morgan fingerprint density at radius 1 is 1.42 bits per heavy atom. The van der Waals surface area contributed by atoms with E-state index in [9.17, 15) is 0 Å². The summed E-state index contributed by atoms with van der Waals surface area (Å²) in [6, 6.07) is 1.70. The molecule has 12 heavy (non-hydrogen) atoms. The Morgan fingerprint density at radius 3 is 2.58 bits per heavy atom. The molecule has 1 rings (SSSR count). The average molecular weight is 167 g/mol. The maximum Gasteiger partial charge on any atom is 0.240 e. The summed E-state index contributed by atoms with van der Waals surface area (Å²) < 4.78 is 0. The fourth-order valence-electron chi connectivity index (χ4n) is 0.880. The van der Waals surface area contributed by atoms with Gasteiger partial charge in [0.15, 0.2) is 0 Å². The zero-order valence-corrected chi connectivity index (χ0v) is 7.53. The summed E-state index contributed by atoms with van der Waals surface area (Å²) in [5.41, 5.74) is 0.870. The van der Waals surface area contributed by atoms with Crippen LogP contribution in [0, 0.1) is 6.92 Å². The Balaban J connectivity index is 3.06. The van der Waals surface area contributed by atoms with Gasteiger partial charge in [-0.3, -0.25) is 0 Å². The summed E-state index contributed by atoms with van der Waals surface area (Å²) in [6.45, 7) is 5.93. The van der Waals surface area contributed by atoms with Crippen molar-refractivity contribution < 1.29 is 4.84 Å². The third-order valence-corrected chi connectivity index (χ3v) is 1.49. The Kier molecular flexibility index (Phi) is 2.60. The third-order valence-electron chi connectivity index (χ3n) is 1.49. The predicted molar refractivity (Wildman–Crippen MR) is 45.7 cm³/mol. The van der Waals surface area contributed by atoms with Gasteiger partial charge in [0, 0.05) is 17.7 Å². The molecule has 0 aromatic carbocycles. The van der Waals surface area contributed by atoms with Gasteiger partial charge >= 0.3 is 0 Å². The van der Waals surface area contributed by atoms with Crippen molar-refractivity contribution in [3.05, 3.63) is 17.6 Å². The second-order valence-electron chi connectivity index (χ2n) is 2.98. The minimum absolute atomic E-state index is 0.291. The van der Waals surface area contributed by atoms with Crippen LogP contribution in [0.15, 0.2) is 6.07 Å². The van der Waals surface area contributed by atoms with E-state index in [0.717, 1.165) is 11.5 Å². The molecule has 0 atom stereocenters. The number of aryl methyl sites for hydroxylation is 1. The van der Waals surface area contributed by atoms with Crippen LogP contribution in [-0.2, 0) is 0 Å². The first-order chi connectivity index (χ1) is 5.63. The number of hydrogen-bond donors (Lipinski definition) is 1. The fourth-order valence-corrected chi connectivity index (χ4v) is 0.880. The molecule has 0 aliphatic heterocycles. The van der Waals surface area contributed by atoms with E-state index >= 15 is 0 Å². The van der Waals surface area contributed by atoms with E-state index in [1.54, 1.807) is 6.07 Å². The van der Waals surface area contributed by atoms with Crippen LogP contribution < -0.4 is 10.7 Å². The number of nitrogens with two attached hydrogens (primary N) is 1. The molecule has 0 fully saturated rings. The second kappa shape index (κ2) is 3.49. The minimum Gasteiger partial charge on any atom is -0.391 e. The highest BCUT2D eigenvalue weighted by Gasteiger charge is 2.05.